The van der Waals surface area contributed by atoms with Crippen molar-refractivity contribution in [1.82, 2.24) is 4.98 Å². The number of hydrogen-bond acceptors (Lipinski definition) is 2. The van der Waals surface area contributed by atoms with E-state index in [0.29, 0.717) is 5.69 Å². The van der Waals surface area contributed by atoms with Crippen molar-refractivity contribution in [3.05, 3.63) is 36.2 Å². The van der Waals surface area contributed by atoms with E-state index in [1.807, 2.05) is 12.1 Å². The number of rotatable bonds is 2. The van der Waals surface area contributed by atoms with Gasteiger partial charge in [0.05, 0.1) is 5.69 Å². The van der Waals surface area contributed by atoms with Gasteiger partial charge in [-0.15, -0.1) is 0 Å². The summed E-state index contributed by atoms with van der Waals surface area (Å²) in [5, 5.41) is 9.61. The fraction of sp³-hybridized carbons (Fsp3) is 0.300. The Morgan fingerprint density at radius 1 is 1.58 bits per heavy atom. The maximum absolute atomic E-state index is 9.61. The predicted molar refractivity (Wildman–Crippen MR) is 49.6 cm³/mol. The second-order valence-corrected chi connectivity index (χ2v) is 3.24. The van der Waals surface area contributed by atoms with Gasteiger partial charge in [0.15, 0.2) is 0 Å². The van der Waals surface area contributed by atoms with E-state index in [2.05, 4.69) is 11.6 Å². The SMILES string of the molecule is C=Cc1ccnc(C(C)(C)O)c1. The van der Waals surface area contributed by atoms with Crippen LogP contribution in [0.3, 0.4) is 0 Å². The van der Waals surface area contributed by atoms with Gasteiger partial charge in [0.1, 0.15) is 5.60 Å². The summed E-state index contributed by atoms with van der Waals surface area (Å²) in [5.41, 5.74) is 0.765. The van der Waals surface area contributed by atoms with Crippen LogP contribution < -0.4 is 0 Å². The molecule has 1 heterocycles. The third kappa shape index (κ3) is 1.92. The summed E-state index contributed by atoms with van der Waals surface area (Å²) in [5.74, 6) is 0. The minimum Gasteiger partial charge on any atom is -0.384 e. The molecule has 0 aliphatic rings. The van der Waals surface area contributed by atoms with Gasteiger partial charge in [0.25, 0.3) is 0 Å². The average Bonchev–Trinajstić information content (AvgIpc) is 2.03. The van der Waals surface area contributed by atoms with Gasteiger partial charge in [-0.2, -0.15) is 0 Å². The summed E-state index contributed by atoms with van der Waals surface area (Å²) in [6, 6.07) is 3.68. The van der Waals surface area contributed by atoms with Gasteiger partial charge in [0.2, 0.25) is 0 Å². The van der Waals surface area contributed by atoms with Gasteiger partial charge in [0, 0.05) is 6.20 Å². The Morgan fingerprint density at radius 3 is 2.75 bits per heavy atom. The zero-order valence-corrected chi connectivity index (χ0v) is 7.41. The molecular formula is C10H13NO. The molecule has 0 aliphatic heterocycles. The average molecular weight is 163 g/mol. The Balaban J connectivity index is 3.10. The molecule has 1 aromatic heterocycles. The van der Waals surface area contributed by atoms with Crippen molar-refractivity contribution in [2.75, 3.05) is 0 Å². The first-order valence-corrected chi connectivity index (χ1v) is 3.85. The molecule has 1 rings (SSSR count). The smallest absolute Gasteiger partial charge is 0.101 e. The van der Waals surface area contributed by atoms with E-state index < -0.39 is 5.60 Å². The summed E-state index contributed by atoms with van der Waals surface area (Å²) < 4.78 is 0. The van der Waals surface area contributed by atoms with Crippen LogP contribution in [0.15, 0.2) is 24.9 Å². The van der Waals surface area contributed by atoms with Crippen LogP contribution >= 0.6 is 0 Å². The zero-order chi connectivity index (χ0) is 9.19. The zero-order valence-electron chi connectivity index (χ0n) is 7.41. The number of aromatic nitrogens is 1. The Labute approximate surface area is 72.6 Å². The van der Waals surface area contributed by atoms with E-state index in [1.165, 1.54) is 0 Å². The number of pyridine rings is 1. The summed E-state index contributed by atoms with van der Waals surface area (Å²) in [7, 11) is 0. The lowest BCUT2D eigenvalue weighted by atomic mass is 10.0. The molecule has 12 heavy (non-hydrogen) atoms. The molecule has 0 fully saturated rings. The van der Waals surface area contributed by atoms with Crippen molar-refractivity contribution in [3.8, 4) is 0 Å². The minimum absolute atomic E-state index is 0.667. The van der Waals surface area contributed by atoms with Crippen LogP contribution in [0, 0.1) is 0 Å². The molecule has 0 amide bonds. The molecule has 64 valence electrons. The third-order valence-electron chi connectivity index (χ3n) is 1.65. The van der Waals surface area contributed by atoms with Crippen LogP contribution in [0.1, 0.15) is 25.1 Å². The fourth-order valence-corrected chi connectivity index (χ4v) is 0.908. The first-order chi connectivity index (χ1) is 5.54. The van der Waals surface area contributed by atoms with Gasteiger partial charge < -0.3 is 5.11 Å². The van der Waals surface area contributed by atoms with E-state index in [9.17, 15) is 5.11 Å². The first kappa shape index (κ1) is 8.94. The molecule has 2 nitrogen and oxygen atoms in total. The highest BCUT2D eigenvalue weighted by Crippen LogP contribution is 2.17. The minimum atomic E-state index is -0.876. The Bertz CT molecular complexity index is 286. The molecule has 0 atom stereocenters. The maximum atomic E-state index is 9.61. The molecule has 0 radical (unpaired) electrons. The van der Waals surface area contributed by atoms with Crippen LogP contribution in [0.4, 0.5) is 0 Å². The van der Waals surface area contributed by atoms with E-state index in [4.69, 9.17) is 0 Å². The van der Waals surface area contributed by atoms with Gasteiger partial charge in [-0.25, -0.2) is 0 Å². The Kier molecular flexibility index (Phi) is 2.29. The summed E-state index contributed by atoms with van der Waals surface area (Å²) >= 11 is 0. The highest BCUT2D eigenvalue weighted by Gasteiger charge is 2.16. The second-order valence-electron chi connectivity index (χ2n) is 3.24. The topological polar surface area (TPSA) is 33.1 Å². The highest BCUT2D eigenvalue weighted by molar-refractivity contribution is 5.46. The van der Waals surface area contributed by atoms with Gasteiger partial charge in [-0.1, -0.05) is 12.7 Å². The highest BCUT2D eigenvalue weighted by atomic mass is 16.3. The fourth-order valence-electron chi connectivity index (χ4n) is 0.908. The molecule has 0 aliphatic carbocycles. The third-order valence-corrected chi connectivity index (χ3v) is 1.65. The van der Waals surface area contributed by atoms with Crippen molar-refractivity contribution >= 4 is 6.08 Å². The van der Waals surface area contributed by atoms with E-state index >= 15 is 0 Å². The molecule has 0 saturated carbocycles. The van der Waals surface area contributed by atoms with E-state index in [1.54, 1.807) is 26.1 Å². The van der Waals surface area contributed by atoms with Crippen molar-refractivity contribution in [2.45, 2.75) is 19.4 Å². The second kappa shape index (κ2) is 3.07. The molecule has 0 unspecified atom stereocenters. The van der Waals surface area contributed by atoms with Gasteiger partial charge in [-0.3, -0.25) is 4.98 Å². The molecule has 1 aromatic rings. The lowest BCUT2D eigenvalue weighted by Crippen LogP contribution is -2.17. The molecule has 0 aromatic carbocycles. The summed E-state index contributed by atoms with van der Waals surface area (Å²) in [4.78, 5) is 4.06. The number of aliphatic hydroxyl groups is 1. The summed E-state index contributed by atoms with van der Waals surface area (Å²) in [6.07, 6.45) is 3.40. The lowest BCUT2D eigenvalue weighted by molar-refractivity contribution is 0.0738. The molecule has 0 bridgehead atoms. The van der Waals surface area contributed by atoms with E-state index in [0.717, 1.165) is 5.56 Å². The van der Waals surface area contributed by atoms with Gasteiger partial charge >= 0.3 is 0 Å². The summed E-state index contributed by atoms with van der Waals surface area (Å²) in [6.45, 7) is 7.07. The van der Waals surface area contributed by atoms with Crippen molar-refractivity contribution in [3.63, 3.8) is 0 Å². The van der Waals surface area contributed by atoms with Crippen LogP contribution in [0.2, 0.25) is 0 Å². The molecule has 1 N–H and O–H groups in total. The molecule has 0 spiro atoms. The van der Waals surface area contributed by atoms with Crippen molar-refractivity contribution < 1.29 is 5.11 Å². The molecule has 2 heteroatoms. The standard InChI is InChI=1S/C10H13NO/c1-4-8-5-6-11-9(7-8)10(2,3)12/h4-7,12H,1H2,2-3H3. The maximum Gasteiger partial charge on any atom is 0.101 e. The quantitative estimate of drug-likeness (QED) is 0.722. The van der Waals surface area contributed by atoms with Crippen molar-refractivity contribution in [1.29, 1.82) is 0 Å². The normalized spacial score (nSPS) is 11.2. The monoisotopic (exact) mass is 163 g/mol. The van der Waals surface area contributed by atoms with Crippen LogP contribution in [0.25, 0.3) is 6.08 Å². The Morgan fingerprint density at radius 2 is 2.25 bits per heavy atom. The largest absolute Gasteiger partial charge is 0.384 e. The predicted octanol–water partition coefficient (Wildman–Crippen LogP) is 1.95. The Hall–Kier alpha value is -1.15. The lowest BCUT2D eigenvalue weighted by Gasteiger charge is -2.16. The van der Waals surface area contributed by atoms with Crippen molar-refractivity contribution in [2.24, 2.45) is 0 Å². The van der Waals surface area contributed by atoms with E-state index in [-0.39, 0.29) is 0 Å². The molecule has 0 saturated heterocycles. The van der Waals surface area contributed by atoms with Crippen LogP contribution in [-0.4, -0.2) is 10.1 Å². The number of nitrogens with zero attached hydrogens (tertiary/aromatic N) is 1. The molecular weight excluding hydrogens is 150 g/mol. The van der Waals surface area contributed by atoms with Crippen LogP contribution in [0.5, 0.6) is 0 Å². The van der Waals surface area contributed by atoms with Gasteiger partial charge in [-0.05, 0) is 31.5 Å². The first-order valence-electron chi connectivity index (χ1n) is 3.85. The van der Waals surface area contributed by atoms with Crippen LogP contribution in [-0.2, 0) is 5.60 Å². The number of hydrogen-bond donors (Lipinski definition) is 1.